The smallest absolute Gasteiger partial charge is 0.259 e. The molecular weight excluding hydrogens is 284 g/mol. The highest BCUT2D eigenvalue weighted by Crippen LogP contribution is 2.32. The molecule has 0 aromatic carbocycles. The number of nitrogens with one attached hydrogen (secondary N) is 2. The first kappa shape index (κ1) is 12.8. The van der Waals surface area contributed by atoms with Crippen LogP contribution in [0.15, 0.2) is 17.3 Å². The normalized spacial score (nSPS) is 15.0. The molecule has 1 aliphatic carbocycles. The number of hydrogen-bond acceptors (Lipinski definition) is 4. The Hall–Kier alpha value is -1.95. The maximum Gasteiger partial charge on any atom is 0.259 e. The summed E-state index contributed by atoms with van der Waals surface area (Å²) in [5, 5.41) is 0.824. The molecule has 2 N–H and O–H groups in total. The number of rotatable bonds is 2. The topological polar surface area (TPSA) is 74.4 Å². The van der Waals surface area contributed by atoms with Crippen LogP contribution >= 0.6 is 11.3 Å². The van der Waals surface area contributed by atoms with Crippen molar-refractivity contribution in [2.24, 2.45) is 0 Å². The average molecular weight is 300 g/mol. The summed E-state index contributed by atoms with van der Waals surface area (Å²) in [6, 6.07) is 0. The number of aromatic amines is 2. The van der Waals surface area contributed by atoms with Crippen molar-refractivity contribution in [3.05, 3.63) is 44.8 Å². The highest BCUT2D eigenvalue weighted by Gasteiger charge is 2.18. The Morgan fingerprint density at radius 3 is 3.00 bits per heavy atom. The molecule has 0 radical (unpaired) electrons. The molecule has 6 heteroatoms. The van der Waals surface area contributed by atoms with E-state index in [1.165, 1.54) is 29.7 Å². The van der Waals surface area contributed by atoms with Gasteiger partial charge in [-0.15, -0.1) is 11.3 Å². The minimum absolute atomic E-state index is 0.00825. The van der Waals surface area contributed by atoms with E-state index in [2.05, 4.69) is 19.9 Å². The fourth-order valence-corrected chi connectivity index (χ4v) is 4.31. The van der Waals surface area contributed by atoms with Crippen molar-refractivity contribution in [2.75, 3.05) is 0 Å². The Labute approximate surface area is 125 Å². The van der Waals surface area contributed by atoms with Crippen molar-refractivity contribution in [3.63, 3.8) is 0 Å². The Balaban J connectivity index is 1.82. The summed E-state index contributed by atoms with van der Waals surface area (Å²) in [6.45, 7) is 0. The molecule has 0 atom stereocenters. The summed E-state index contributed by atoms with van der Waals surface area (Å²) in [7, 11) is 0. The molecule has 21 heavy (non-hydrogen) atoms. The fourth-order valence-electron chi connectivity index (χ4n) is 3.03. The molecule has 0 aliphatic heterocycles. The molecule has 108 valence electrons. The number of thiophene rings is 1. The molecule has 3 aromatic heterocycles. The number of aromatic nitrogens is 4. The van der Waals surface area contributed by atoms with Gasteiger partial charge in [0.2, 0.25) is 0 Å². The highest BCUT2D eigenvalue weighted by atomic mass is 32.1. The number of hydrogen-bond donors (Lipinski definition) is 2. The van der Waals surface area contributed by atoms with E-state index < -0.39 is 0 Å². The van der Waals surface area contributed by atoms with E-state index >= 15 is 0 Å². The summed E-state index contributed by atoms with van der Waals surface area (Å²) >= 11 is 1.70. The molecule has 0 fully saturated rings. The van der Waals surface area contributed by atoms with Gasteiger partial charge in [0.05, 0.1) is 11.7 Å². The molecule has 0 spiro atoms. The third-order valence-corrected chi connectivity index (χ3v) is 5.22. The minimum atomic E-state index is 0.00825. The van der Waals surface area contributed by atoms with E-state index in [1.807, 2.05) is 0 Å². The highest BCUT2D eigenvalue weighted by molar-refractivity contribution is 7.18. The van der Waals surface area contributed by atoms with Crippen LogP contribution in [0.3, 0.4) is 0 Å². The van der Waals surface area contributed by atoms with Crippen LogP contribution in [0.5, 0.6) is 0 Å². The molecule has 4 rings (SSSR count). The summed E-state index contributed by atoms with van der Waals surface area (Å²) < 4.78 is 0. The van der Waals surface area contributed by atoms with Gasteiger partial charge in [-0.25, -0.2) is 9.97 Å². The van der Waals surface area contributed by atoms with Crippen LogP contribution in [0.25, 0.3) is 10.2 Å². The first-order valence-corrected chi connectivity index (χ1v) is 8.13. The number of aryl methyl sites for hydroxylation is 2. The van der Waals surface area contributed by atoms with Crippen LogP contribution < -0.4 is 5.56 Å². The van der Waals surface area contributed by atoms with Crippen molar-refractivity contribution in [2.45, 2.75) is 38.5 Å². The van der Waals surface area contributed by atoms with E-state index in [0.29, 0.717) is 12.2 Å². The van der Waals surface area contributed by atoms with Crippen LogP contribution in [0.2, 0.25) is 0 Å². The zero-order valence-electron chi connectivity index (χ0n) is 11.6. The molecule has 1 aliphatic rings. The summed E-state index contributed by atoms with van der Waals surface area (Å²) in [5.41, 5.74) is 2.21. The van der Waals surface area contributed by atoms with Crippen LogP contribution in [0.1, 0.15) is 41.2 Å². The third kappa shape index (κ3) is 2.29. The maximum absolute atomic E-state index is 12.5. The number of fused-ring (bicyclic) bond motifs is 3. The largest absolute Gasteiger partial charge is 0.348 e. The lowest BCUT2D eigenvalue weighted by Gasteiger charge is -2.00. The number of H-pyrrole nitrogens is 2. The monoisotopic (exact) mass is 300 g/mol. The molecular formula is C15H16N4OS. The van der Waals surface area contributed by atoms with Crippen molar-refractivity contribution in [1.82, 2.24) is 19.9 Å². The maximum atomic E-state index is 12.5. The summed E-state index contributed by atoms with van der Waals surface area (Å²) in [4.78, 5) is 29.3. The number of imidazole rings is 1. The second-order valence-corrected chi connectivity index (χ2v) is 6.59. The van der Waals surface area contributed by atoms with Crippen molar-refractivity contribution >= 4 is 21.6 Å². The lowest BCUT2D eigenvalue weighted by molar-refractivity contribution is 0.713. The molecule has 5 nitrogen and oxygen atoms in total. The average Bonchev–Trinajstić information content (AvgIpc) is 3.02. The summed E-state index contributed by atoms with van der Waals surface area (Å²) in [6.07, 6.45) is 9.73. The van der Waals surface area contributed by atoms with Crippen LogP contribution in [0, 0.1) is 0 Å². The quantitative estimate of drug-likeness (QED) is 0.714. The van der Waals surface area contributed by atoms with Gasteiger partial charge in [0.1, 0.15) is 10.7 Å². The Morgan fingerprint density at radius 2 is 2.14 bits per heavy atom. The Kier molecular flexibility index (Phi) is 3.11. The van der Waals surface area contributed by atoms with Gasteiger partial charge in [0.25, 0.3) is 5.56 Å². The predicted octanol–water partition coefficient (Wildman–Crippen LogP) is 2.57. The van der Waals surface area contributed by atoms with E-state index in [4.69, 9.17) is 0 Å². The van der Waals surface area contributed by atoms with Gasteiger partial charge >= 0.3 is 0 Å². The predicted molar refractivity (Wildman–Crippen MR) is 82.9 cm³/mol. The van der Waals surface area contributed by atoms with Crippen LogP contribution in [-0.2, 0) is 19.3 Å². The van der Waals surface area contributed by atoms with Crippen LogP contribution in [-0.4, -0.2) is 19.9 Å². The number of nitrogens with zero attached hydrogens (tertiary/aromatic N) is 2. The van der Waals surface area contributed by atoms with E-state index in [1.54, 1.807) is 23.9 Å². The van der Waals surface area contributed by atoms with Crippen molar-refractivity contribution in [3.8, 4) is 0 Å². The molecule has 3 aromatic rings. The Bertz CT molecular complexity index is 831. The van der Waals surface area contributed by atoms with Gasteiger partial charge in [-0.05, 0) is 31.2 Å². The SMILES string of the molecule is O=c1[nH]c(Cc2cnc[nH]2)nc2sc3c(c12)CCCCC3. The van der Waals surface area contributed by atoms with Gasteiger partial charge in [0, 0.05) is 23.2 Å². The van der Waals surface area contributed by atoms with E-state index in [0.717, 1.165) is 28.8 Å². The van der Waals surface area contributed by atoms with Crippen molar-refractivity contribution in [1.29, 1.82) is 0 Å². The zero-order valence-corrected chi connectivity index (χ0v) is 12.4. The summed E-state index contributed by atoms with van der Waals surface area (Å²) in [5.74, 6) is 0.702. The third-order valence-electron chi connectivity index (χ3n) is 4.04. The second-order valence-electron chi connectivity index (χ2n) is 5.51. The second kappa shape index (κ2) is 5.11. The zero-order chi connectivity index (χ0) is 14.2. The standard InChI is InChI=1S/C15H16N4OS/c20-14-13-10-4-2-1-3-5-11(10)21-15(13)19-12(18-14)6-9-7-16-8-17-9/h7-8H,1-6H2,(H,16,17)(H,18,19,20). The Morgan fingerprint density at radius 1 is 1.24 bits per heavy atom. The van der Waals surface area contributed by atoms with Gasteiger partial charge in [-0.2, -0.15) is 0 Å². The van der Waals surface area contributed by atoms with Gasteiger partial charge in [0.15, 0.2) is 0 Å². The first-order chi connectivity index (χ1) is 10.3. The van der Waals surface area contributed by atoms with Crippen LogP contribution in [0.4, 0.5) is 0 Å². The fraction of sp³-hybridized carbons (Fsp3) is 0.400. The van der Waals surface area contributed by atoms with Gasteiger partial charge < -0.3 is 9.97 Å². The van der Waals surface area contributed by atoms with E-state index in [-0.39, 0.29) is 5.56 Å². The molecule has 0 unspecified atom stereocenters. The molecule has 0 saturated carbocycles. The van der Waals surface area contributed by atoms with E-state index in [9.17, 15) is 4.79 Å². The molecule has 3 heterocycles. The van der Waals surface area contributed by atoms with Gasteiger partial charge in [-0.3, -0.25) is 4.79 Å². The molecule has 0 bridgehead atoms. The first-order valence-electron chi connectivity index (χ1n) is 7.32. The molecule has 0 amide bonds. The van der Waals surface area contributed by atoms with Crippen molar-refractivity contribution < 1.29 is 0 Å². The lowest BCUT2D eigenvalue weighted by atomic mass is 10.1. The van der Waals surface area contributed by atoms with Gasteiger partial charge in [-0.1, -0.05) is 6.42 Å². The molecule has 0 saturated heterocycles. The minimum Gasteiger partial charge on any atom is -0.348 e. The lowest BCUT2D eigenvalue weighted by Crippen LogP contribution is -2.12.